The Morgan fingerprint density at radius 2 is 1.40 bits per heavy atom. The molecule has 92 valence electrons. The van der Waals surface area contributed by atoms with E-state index < -0.39 is 0 Å². The van der Waals surface area contributed by atoms with Crippen LogP contribution >= 0.6 is 0 Å². The van der Waals surface area contributed by atoms with Gasteiger partial charge >= 0.3 is 0 Å². The van der Waals surface area contributed by atoms with Gasteiger partial charge in [-0.2, -0.15) is 0 Å². The molecule has 4 N–H and O–H groups in total. The molecule has 0 bridgehead atoms. The summed E-state index contributed by atoms with van der Waals surface area (Å²) in [4.78, 5) is 0. The van der Waals surface area contributed by atoms with Crippen LogP contribution < -0.4 is 11.5 Å². The highest BCUT2D eigenvalue weighted by atomic mass is 14.7. The van der Waals surface area contributed by atoms with Gasteiger partial charge in [0.2, 0.25) is 0 Å². The molecule has 0 aliphatic carbocycles. The number of hydrogen-bond donors (Lipinski definition) is 2. The Labute approximate surface area is 95.8 Å². The maximum atomic E-state index is 6.15. The highest BCUT2D eigenvalue weighted by Crippen LogP contribution is 2.16. The second-order valence-corrected chi connectivity index (χ2v) is 5.30. The Bertz CT molecular complexity index is 145. The molecule has 0 aromatic carbocycles. The van der Waals surface area contributed by atoms with Crippen molar-refractivity contribution in [3.05, 3.63) is 0 Å². The first-order valence-electron chi connectivity index (χ1n) is 6.50. The van der Waals surface area contributed by atoms with Crippen molar-refractivity contribution in [2.45, 2.75) is 71.9 Å². The molecule has 0 aromatic rings. The van der Waals surface area contributed by atoms with Gasteiger partial charge in [0.05, 0.1) is 0 Å². The molecule has 0 spiro atoms. The largest absolute Gasteiger partial charge is 0.327 e. The second-order valence-electron chi connectivity index (χ2n) is 5.30. The molecule has 3 unspecified atom stereocenters. The highest BCUT2D eigenvalue weighted by Gasteiger charge is 2.18. The lowest BCUT2D eigenvalue weighted by Crippen LogP contribution is -2.40. The number of nitrogens with two attached hydrogens (primary N) is 2. The van der Waals surface area contributed by atoms with Crippen LogP contribution in [-0.2, 0) is 0 Å². The van der Waals surface area contributed by atoms with E-state index in [9.17, 15) is 0 Å². The standard InChI is InChI=1S/C13H30N2/c1-5-7-12(14)11(4)13(15)9-6-8-10(2)3/h10-13H,5-9,14-15H2,1-4H3. The van der Waals surface area contributed by atoms with Crippen LogP contribution in [0.25, 0.3) is 0 Å². The van der Waals surface area contributed by atoms with E-state index in [4.69, 9.17) is 11.5 Å². The first-order chi connectivity index (χ1) is 6.99. The molecule has 2 heteroatoms. The van der Waals surface area contributed by atoms with Crippen molar-refractivity contribution >= 4 is 0 Å². The molecule has 0 saturated carbocycles. The maximum Gasteiger partial charge on any atom is 0.00792 e. The second kappa shape index (κ2) is 8.12. The van der Waals surface area contributed by atoms with Crippen LogP contribution in [0.4, 0.5) is 0 Å². The quantitative estimate of drug-likeness (QED) is 0.653. The summed E-state index contributed by atoms with van der Waals surface area (Å²) in [5, 5.41) is 0. The topological polar surface area (TPSA) is 52.0 Å². The minimum absolute atomic E-state index is 0.282. The van der Waals surface area contributed by atoms with E-state index in [1.807, 2.05) is 0 Å². The summed E-state index contributed by atoms with van der Waals surface area (Å²) in [5.74, 6) is 1.24. The van der Waals surface area contributed by atoms with Crippen molar-refractivity contribution in [3.8, 4) is 0 Å². The maximum absolute atomic E-state index is 6.15. The van der Waals surface area contributed by atoms with Gasteiger partial charge in [-0.05, 0) is 24.7 Å². The summed E-state index contributed by atoms with van der Waals surface area (Å²) in [6.45, 7) is 8.90. The molecule has 0 amide bonds. The van der Waals surface area contributed by atoms with Crippen molar-refractivity contribution in [3.63, 3.8) is 0 Å². The average Bonchev–Trinajstić information content (AvgIpc) is 2.16. The van der Waals surface area contributed by atoms with Gasteiger partial charge in [-0.25, -0.2) is 0 Å². The lowest BCUT2D eigenvalue weighted by atomic mass is 9.88. The lowest BCUT2D eigenvalue weighted by molar-refractivity contribution is 0.335. The minimum Gasteiger partial charge on any atom is -0.327 e. The smallest absolute Gasteiger partial charge is 0.00792 e. The van der Waals surface area contributed by atoms with Crippen molar-refractivity contribution in [1.29, 1.82) is 0 Å². The average molecular weight is 214 g/mol. The SMILES string of the molecule is CCCC(N)C(C)C(N)CCCC(C)C. The van der Waals surface area contributed by atoms with E-state index in [2.05, 4.69) is 27.7 Å². The van der Waals surface area contributed by atoms with Crippen LogP contribution in [0.3, 0.4) is 0 Å². The minimum atomic E-state index is 0.282. The summed E-state index contributed by atoms with van der Waals surface area (Å²) in [5.41, 5.74) is 12.2. The molecule has 0 fully saturated rings. The van der Waals surface area contributed by atoms with Crippen LogP contribution in [0.1, 0.15) is 59.8 Å². The lowest BCUT2D eigenvalue weighted by Gasteiger charge is -2.25. The summed E-state index contributed by atoms with van der Waals surface area (Å²) in [6.07, 6.45) is 5.89. The van der Waals surface area contributed by atoms with Crippen molar-refractivity contribution in [1.82, 2.24) is 0 Å². The summed E-state index contributed by atoms with van der Waals surface area (Å²) >= 11 is 0. The predicted molar refractivity (Wildman–Crippen MR) is 68.7 cm³/mol. The van der Waals surface area contributed by atoms with Gasteiger partial charge in [0, 0.05) is 12.1 Å². The zero-order chi connectivity index (χ0) is 11.8. The van der Waals surface area contributed by atoms with E-state index in [1.54, 1.807) is 0 Å². The zero-order valence-corrected chi connectivity index (χ0v) is 11.0. The fourth-order valence-corrected chi connectivity index (χ4v) is 1.94. The molecule has 0 aromatic heterocycles. The van der Waals surface area contributed by atoms with Crippen LogP contribution in [0.5, 0.6) is 0 Å². The first-order valence-corrected chi connectivity index (χ1v) is 6.50. The van der Waals surface area contributed by atoms with E-state index in [0.717, 1.165) is 25.2 Å². The summed E-state index contributed by atoms with van der Waals surface area (Å²) < 4.78 is 0. The van der Waals surface area contributed by atoms with E-state index in [0.29, 0.717) is 5.92 Å². The molecule has 0 heterocycles. The molecule has 3 atom stereocenters. The Hall–Kier alpha value is -0.0800. The Kier molecular flexibility index (Phi) is 8.07. The molecule has 15 heavy (non-hydrogen) atoms. The van der Waals surface area contributed by atoms with Gasteiger partial charge in [0.15, 0.2) is 0 Å². The van der Waals surface area contributed by atoms with Crippen molar-refractivity contribution in [2.75, 3.05) is 0 Å². The number of hydrogen-bond acceptors (Lipinski definition) is 2. The van der Waals surface area contributed by atoms with Gasteiger partial charge in [0.25, 0.3) is 0 Å². The van der Waals surface area contributed by atoms with Crippen molar-refractivity contribution in [2.24, 2.45) is 23.3 Å². The summed E-state index contributed by atoms with van der Waals surface area (Å²) in [6, 6.07) is 0.564. The highest BCUT2D eigenvalue weighted by molar-refractivity contribution is 4.78. The molecule has 0 aliphatic heterocycles. The Morgan fingerprint density at radius 3 is 1.87 bits per heavy atom. The van der Waals surface area contributed by atoms with Crippen LogP contribution in [-0.4, -0.2) is 12.1 Å². The van der Waals surface area contributed by atoms with E-state index in [-0.39, 0.29) is 12.1 Å². The van der Waals surface area contributed by atoms with Gasteiger partial charge in [-0.15, -0.1) is 0 Å². The molecule has 2 nitrogen and oxygen atoms in total. The van der Waals surface area contributed by atoms with Gasteiger partial charge in [0.1, 0.15) is 0 Å². The first kappa shape index (κ1) is 14.9. The summed E-state index contributed by atoms with van der Waals surface area (Å²) in [7, 11) is 0. The molecule has 0 radical (unpaired) electrons. The fourth-order valence-electron chi connectivity index (χ4n) is 1.94. The van der Waals surface area contributed by atoms with Gasteiger partial charge in [-0.3, -0.25) is 0 Å². The Balaban J connectivity index is 3.72. The zero-order valence-electron chi connectivity index (χ0n) is 11.0. The predicted octanol–water partition coefficient (Wildman–Crippen LogP) is 2.90. The van der Waals surface area contributed by atoms with E-state index in [1.165, 1.54) is 12.8 Å². The monoisotopic (exact) mass is 214 g/mol. The molecule has 0 rings (SSSR count). The van der Waals surface area contributed by atoms with Crippen LogP contribution in [0.15, 0.2) is 0 Å². The fraction of sp³-hybridized carbons (Fsp3) is 1.00. The normalized spacial score (nSPS) is 17.8. The van der Waals surface area contributed by atoms with Gasteiger partial charge in [-0.1, -0.05) is 47.0 Å². The molecule has 0 saturated heterocycles. The van der Waals surface area contributed by atoms with E-state index >= 15 is 0 Å². The van der Waals surface area contributed by atoms with Gasteiger partial charge < -0.3 is 11.5 Å². The molecule has 0 aliphatic rings. The molecular formula is C13H30N2. The third kappa shape index (κ3) is 6.91. The number of rotatable bonds is 8. The third-order valence-electron chi connectivity index (χ3n) is 3.29. The Morgan fingerprint density at radius 1 is 0.867 bits per heavy atom. The van der Waals surface area contributed by atoms with Crippen molar-refractivity contribution < 1.29 is 0 Å². The third-order valence-corrected chi connectivity index (χ3v) is 3.29. The molecular weight excluding hydrogens is 184 g/mol. The van der Waals surface area contributed by atoms with Crippen LogP contribution in [0.2, 0.25) is 0 Å². The van der Waals surface area contributed by atoms with Crippen LogP contribution in [0, 0.1) is 11.8 Å².